The minimum atomic E-state index is 0.472. The summed E-state index contributed by atoms with van der Waals surface area (Å²) in [7, 11) is 2.18. The lowest BCUT2D eigenvalue weighted by Gasteiger charge is -2.39. The molecule has 1 saturated heterocycles. The van der Waals surface area contributed by atoms with Crippen molar-refractivity contribution in [3.8, 4) is 0 Å². The number of hydrogen-bond acceptors (Lipinski definition) is 3. The van der Waals surface area contributed by atoms with Gasteiger partial charge >= 0.3 is 0 Å². The number of fused-ring (bicyclic) bond motifs is 1. The fraction of sp³-hybridized carbons (Fsp3) is 0.412. The molecule has 0 saturated carbocycles. The van der Waals surface area contributed by atoms with Gasteiger partial charge in [-0.1, -0.05) is 36.4 Å². The van der Waals surface area contributed by atoms with Crippen LogP contribution in [0, 0.1) is 0 Å². The molecule has 1 unspecified atom stereocenters. The van der Waals surface area contributed by atoms with Crippen molar-refractivity contribution in [3.63, 3.8) is 0 Å². The van der Waals surface area contributed by atoms with E-state index in [-0.39, 0.29) is 0 Å². The molecule has 0 spiro atoms. The molecule has 20 heavy (non-hydrogen) atoms. The molecule has 2 aromatic rings. The lowest BCUT2D eigenvalue weighted by atomic mass is 10.1. The Hall–Kier alpha value is -1.42. The maximum Gasteiger partial charge on any atom is 0.0349 e. The van der Waals surface area contributed by atoms with E-state index in [9.17, 15) is 0 Å². The van der Waals surface area contributed by atoms with E-state index < -0.39 is 0 Å². The second kappa shape index (κ2) is 5.92. The third kappa shape index (κ3) is 2.85. The Labute approximate surface area is 121 Å². The van der Waals surface area contributed by atoms with Crippen LogP contribution < -0.4 is 5.73 Å². The van der Waals surface area contributed by atoms with Crippen LogP contribution in [0.15, 0.2) is 42.5 Å². The monoisotopic (exact) mass is 269 g/mol. The highest BCUT2D eigenvalue weighted by atomic mass is 15.3. The van der Waals surface area contributed by atoms with Gasteiger partial charge in [-0.2, -0.15) is 0 Å². The molecule has 1 fully saturated rings. The SMILES string of the molecule is CN1CCN(Cc2ccc3ccccc3c2)C(CN)C1. The summed E-state index contributed by atoms with van der Waals surface area (Å²) in [5.74, 6) is 0. The zero-order valence-corrected chi connectivity index (χ0v) is 12.1. The normalized spacial score (nSPS) is 21.4. The Morgan fingerprint density at radius 2 is 1.90 bits per heavy atom. The van der Waals surface area contributed by atoms with Crippen LogP contribution in [0.3, 0.4) is 0 Å². The van der Waals surface area contributed by atoms with Crippen LogP contribution in [-0.4, -0.2) is 49.1 Å². The van der Waals surface area contributed by atoms with Crippen molar-refractivity contribution in [1.82, 2.24) is 9.80 Å². The van der Waals surface area contributed by atoms with E-state index in [0.29, 0.717) is 6.04 Å². The average molecular weight is 269 g/mol. The Morgan fingerprint density at radius 1 is 1.10 bits per heavy atom. The van der Waals surface area contributed by atoms with Crippen molar-refractivity contribution >= 4 is 10.8 Å². The van der Waals surface area contributed by atoms with Gasteiger partial charge in [0.25, 0.3) is 0 Å². The minimum Gasteiger partial charge on any atom is -0.329 e. The molecule has 2 N–H and O–H groups in total. The number of likely N-dealkylation sites (N-methyl/N-ethyl adjacent to an activating group) is 1. The van der Waals surface area contributed by atoms with Crippen LogP contribution in [0.25, 0.3) is 10.8 Å². The zero-order valence-electron chi connectivity index (χ0n) is 12.1. The Morgan fingerprint density at radius 3 is 2.70 bits per heavy atom. The van der Waals surface area contributed by atoms with E-state index in [1.54, 1.807) is 0 Å². The molecular formula is C17H23N3. The van der Waals surface area contributed by atoms with Crippen LogP contribution in [-0.2, 0) is 6.54 Å². The van der Waals surface area contributed by atoms with E-state index in [0.717, 1.165) is 32.7 Å². The minimum absolute atomic E-state index is 0.472. The molecule has 1 aliphatic rings. The van der Waals surface area contributed by atoms with Gasteiger partial charge in [-0.25, -0.2) is 0 Å². The first-order valence-corrected chi connectivity index (χ1v) is 7.36. The molecule has 3 rings (SSSR count). The summed E-state index contributed by atoms with van der Waals surface area (Å²) in [4.78, 5) is 4.89. The van der Waals surface area contributed by atoms with Crippen LogP contribution in [0.5, 0.6) is 0 Å². The molecular weight excluding hydrogens is 246 g/mol. The molecule has 0 amide bonds. The lowest BCUT2D eigenvalue weighted by molar-refractivity contribution is 0.0881. The van der Waals surface area contributed by atoms with Crippen LogP contribution in [0.4, 0.5) is 0 Å². The zero-order chi connectivity index (χ0) is 13.9. The molecule has 1 heterocycles. The first-order valence-electron chi connectivity index (χ1n) is 7.36. The van der Waals surface area contributed by atoms with Gasteiger partial charge in [0.1, 0.15) is 0 Å². The molecule has 0 radical (unpaired) electrons. The third-order valence-electron chi connectivity index (χ3n) is 4.28. The summed E-state index contributed by atoms with van der Waals surface area (Å²) in [6, 6.07) is 15.8. The lowest BCUT2D eigenvalue weighted by Crippen LogP contribution is -2.54. The number of nitrogens with zero attached hydrogens (tertiary/aromatic N) is 2. The Balaban J connectivity index is 1.78. The Bertz CT molecular complexity index is 581. The predicted octanol–water partition coefficient (Wildman–Crippen LogP) is 1.91. The fourth-order valence-corrected chi connectivity index (χ4v) is 3.05. The second-order valence-electron chi connectivity index (χ2n) is 5.80. The Kier molecular flexibility index (Phi) is 4.01. The van der Waals surface area contributed by atoms with Gasteiger partial charge in [-0.3, -0.25) is 4.90 Å². The fourth-order valence-electron chi connectivity index (χ4n) is 3.05. The highest BCUT2D eigenvalue weighted by Crippen LogP contribution is 2.18. The van der Waals surface area contributed by atoms with E-state index in [4.69, 9.17) is 5.73 Å². The first-order chi connectivity index (χ1) is 9.76. The highest BCUT2D eigenvalue weighted by Gasteiger charge is 2.23. The summed E-state index contributed by atoms with van der Waals surface area (Å²) in [5.41, 5.74) is 7.31. The van der Waals surface area contributed by atoms with E-state index in [2.05, 4.69) is 59.3 Å². The summed E-state index contributed by atoms with van der Waals surface area (Å²) in [6.45, 7) is 5.04. The van der Waals surface area contributed by atoms with Crippen molar-refractivity contribution in [2.45, 2.75) is 12.6 Å². The van der Waals surface area contributed by atoms with Gasteiger partial charge < -0.3 is 10.6 Å². The number of rotatable bonds is 3. The first kappa shape index (κ1) is 13.6. The van der Waals surface area contributed by atoms with Gasteiger partial charge in [0.15, 0.2) is 0 Å². The van der Waals surface area contributed by atoms with Crippen molar-refractivity contribution < 1.29 is 0 Å². The third-order valence-corrected chi connectivity index (χ3v) is 4.28. The topological polar surface area (TPSA) is 32.5 Å². The second-order valence-corrected chi connectivity index (χ2v) is 5.80. The van der Waals surface area contributed by atoms with E-state index >= 15 is 0 Å². The van der Waals surface area contributed by atoms with Gasteiger partial charge in [0, 0.05) is 38.8 Å². The van der Waals surface area contributed by atoms with Crippen molar-refractivity contribution in [2.24, 2.45) is 5.73 Å². The molecule has 3 nitrogen and oxygen atoms in total. The summed E-state index contributed by atoms with van der Waals surface area (Å²) in [6.07, 6.45) is 0. The quantitative estimate of drug-likeness (QED) is 0.924. The highest BCUT2D eigenvalue weighted by molar-refractivity contribution is 5.82. The number of hydrogen-bond donors (Lipinski definition) is 1. The van der Waals surface area contributed by atoms with Crippen LogP contribution >= 0.6 is 0 Å². The van der Waals surface area contributed by atoms with Crippen molar-refractivity contribution in [3.05, 3.63) is 48.0 Å². The van der Waals surface area contributed by atoms with Crippen LogP contribution in [0.1, 0.15) is 5.56 Å². The average Bonchev–Trinajstić information content (AvgIpc) is 2.49. The van der Waals surface area contributed by atoms with Gasteiger partial charge in [0.05, 0.1) is 0 Å². The van der Waals surface area contributed by atoms with Crippen molar-refractivity contribution in [1.29, 1.82) is 0 Å². The van der Waals surface area contributed by atoms with Gasteiger partial charge in [-0.15, -0.1) is 0 Å². The maximum absolute atomic E-state index is 5.93. The molecule has 1 aliphatic heterocycles. The van der Waals surface area contributed by atoms with E-state index in [1.807, 2.05) is 0 Å². The predicted molar refractivity (Wildman–Crippen MR) is 84.7 cm³/mol. The van der Waals surface area contributed by atoms with E-state index in [1.165, 1.54) is 16.3 Å². The summed E-state index contributed by atoms with van der Waals surface area (Å²) < 4.78 is 0. The van der Waals surface area contributed by atoms with Crippen LogP contribution in [0.2, 0.25) is 0 Å². The number of benzene rings is 2. The smallest absolute Gasteiger partial charge is 0.0349 e. The molecule has 1 atom stereocenters. The molecule has 106 valence electrons. The molecule has 0 aliphatic carbocycles. The van der Waals surface area contributed by atoms with Gasteiger partial charge in [0.2, 0.25) is 0 Å². The summed E-state index contributed by atoms with van der Waals surface area (Å²) >= 11 is 0. The maximum atomic E-state index is 5.93. The largest absolute Gasteiger partial charge is 0.329 e. The number of nitrogens with two attached hydrogens (primary N) is 1. The molecule has 0 bridgehead atoms. The molecule has 3 heteroatoms. The number of piperazine rings is 1. The molecule has 0 aromatic heterocycles. The standard InChI is InChI=1S/C17H23N3/c1-19-8-9-20(17(11-18)13-19)12-14-6-7-15-4-2-3-5-16(15)10-14/h2-7,10,17H,8-9,11-13,18H2,1H3. The summed E-state index contributed by atoms with van der Waals surface area (Å²) in [5, 5.41) is 2.63. The molecule has 2 aromatic carbocycles. The van der Waals surface area contributed by atoms with Gasteiger partial charge in [-0.05, 0) is 29.4 Å². The van der Waals surface area contributed by atoms with Crippen molar-refractivity contribution in [2.75, 3.05) is 33.2 Å².